The molecule has 0 bridgehead atoms. The van der Waals surface area contributed by atoms with Gasteiger partial charge in [0.05, 0.1) is 6.61 Å². The summed E-state index contributed by atoms with van der Waals surface area (Å²) in [7, 11) is 0. The molecule has 1 aliphatic heterocycles. The van der Waals surface area contributed by atoms with Crippen molar-refractivity contribution in [3.05, 3.63) is 82.5 Å². The third-order valence-electron chi connectivity index (χ3n) is 6.11. The largest absolute Gasteiger partial charge is 0.494 e. The standard InChI is InChI=1S/C27H29FN2O3/c1-5-33-20-12-6-17(7-13-20)24-23(26(32)30-19-10-8-18(28)9-11-19)16(2)29-21-14-27(3,4)15-22(31)25(21)24/h6-13,24,29H,5,14-15H2,1-4H3,(H,30,32)/t24-/m1/s1. The van der Waals surface area contributed by atoms with E-state index in [0.29, 0.717) is 35.6 Å². The van der Waals surface area contributed by atoms with Crippen LogP contribution in [-0.4, -0.2) is 18.3 Å². The normalized spacial score (nSPS) is 19.7. The van der Waals surface area contributed by atoms with Crippen LogP contribution in [-0.2, 0) is 9.59 Å². The Morgan fingerprint density at radius 2 is 1.79 bits per heavy atom. The minimum absolute atomic E-state index is 0.0483. The number of dihydropyridines is 1. The molecular formula is C27H29FN2O3. The fourth-order valence-corrected chi connectivity index (χ4v) is 4.73. The summed E-state index contributed by atoms with van der Waals surface area (Å²) in [6.45, 7) is 8.50. The molecule has 0 saturated carbocycles. The summed E-state index contributed by atoms with van der Waals surface area (Å²) in [6, 6.07) is 13.2. The smallest absolute Gasteiger partial charge is 0.254 e. The summed E-state index contributed by atoms with van der Waals surface area (Å²) in [4.78, 5) is 26.8. The van der Waals surface area contributed by atoms with Crippen molar-refractivity contribution in [3.8, 4) is 5.75 Å². The number of allylic oxidation sites excluding steroid dienone is 3. The lowest BCUT2D eigenvalue weighted by atomic mass is 9.68. The second kappa shape index (κ2) is 8.85. The predicted molar refractivity (Wildman–Crippen MR) is 126 cm³/mol. The molecule has 6 heteroatoms. The fourth-order valence-electron chi connectivity index (χ4n) is 4.73. The quantitative estimate of drug-likeness (QED) is 0.637. The Kier molecular flexibility index (Phi) is 6.11. The molecule has 0 saturated heterocycles. The van der Waals surface area contributed by atoms with E-state index in [9.17, 15) is 14.0 Å². The molecule has 4 rings (SSSR count). The molecule has 0 aromatic heterocycles. The van der Waals surface area contributed by atoms with Crippen LogP contribution in [0.1, 0.15) is 52.0 Å². The molecule has 1 heterocycles. The van der Waals surface area contributed by atoms with Gasteiger partial charge in [0, 0.05) is 40.6 Å². The van der Waals surface area contributed by atoms with Gasteiger partial charge >= 0.3 is 0 Å². The van der Waals surface area contributed by atoms with E-state index in [2.05, 4.69) is 24.5 Å². The number of benzene rings is 2. The molecule has 1 aliphatic carbocycles. The second-order valence-electron chi connectivity index (χ2n) is 9.39. The number of halogens is 1. The van der Waals surface area contributed by atoms with E-state index >= 15 is 0 Å². The van der Waals surface area contributed by atoms with Crippen LogP contribution >= 0.6 is 0 Å². The third-order valence-corrected chi connectivity index (χ3v) is 6.11. The van der Waals surface area contributed by atoms with Crippen LogP contribution in [0.2, 0.25) is 0 Å². The van der Waals surface area contributed by atoms with Gasteiger partial charge in [-0.1, -0.05) is 26.0 Å². The van der Waals surface area contributed by atoms with Crippen LogP contribution in [0.4, 0.5) is 10.1 Å². The molecule has 1 amide bonds. The van der Waals surface area contributed by atoms with Crippen molar-refractivity contribution in [3.63, 3.8) is 0 Å². The summed E-state index contributed by atoms with van der Waals surface area (Å²) < 4.78 is 18.9. The van der Waals surface area contributed by atoms with Crippen molar-refractivity contribution >= 4 is 17.4 Å². The zero-order valence-corrected chi connectivity index (χ0v) is 19.4. The highest BCUT2D eigenvalue weighted by Crippen LogP contribution is 2.46. The van der Waals surface area contributed by atoms with Gasteiger partial charge in [-0.15, -0.1) is 0 Å². The van der Waals surface area contributed by atoms with Crippen molar-refractivity contribution in [2.24, 2.45) is 5.41 Å². The third kappa shape index (κ3) is 4.70. The first kappa shape index (κ1) is 22.8. The van der Waals surface area contributed by atoms with Gasteiger partial charge < -0.3 is 15.4 Å². The average molecular weight is 449 g/mol. The number of carbonyl (C=O) groups is 2. The van der Waals surface area contributed by atoms with Crippen molar-refractivity contribution in [1.82, 2.24) is 5.32 Å². The highest BCUT2D eigenvalue weighted by molar-refractivity contribution is 6.09. The second-order valence-corrected chi connectivity index (χ2v) is 9.39. The Morgan fingerprint density at radius 3 is 2.42 bits per heavy atom. The molecular weight excluding hydrogens is 419 g/mol. The zero-order chi connectivity index (χ0) is 23.8. The maximum absolute atomic E-state index is 13.5. The number of ether oxygens (including phenoxy) is 1. The van der Waals surface area contributed by atoms with E-state index < -0.39 is 5.92 Å². The number of Topliss-reactive ketones (excluding diaryl/α,β-unsaturated/α-hetero) is 1. The predicted octanol–water partition coefficient (Wildman–Crippen LogP) is 5.47. The maximum Gasteiger partial charge on any atom is 0.254 e. The average Bonchev–Trinajstić information content (AvgIpc) is 2.74. The molecule has 1 atom stereocenters. The molecule has 0 fully saturated rings. The van der Waals surface area contributed by atoms with Gasteiger partial charge in [-0.3, -0.25) is 9.59 Å². The van der Waals surface area contributed by atoms with Gasteiger partial charge in [0.15, 0.2) is 5.78 Å². The number of nitrogens with one attached hydrogen (secondary N) is 2. The fraction of sp³-hybridized carbons (Fsp3) is 0.333. The number of hydrogen-bond acceptors (Lipinski definition) is 4. The summed E-state index contributed by atoms with van der Waals surface area (Å²) >= 11 is 0. The van der Waals surface area contributed by atoms with Crippen molar-refractivity contribution in [2.45, 2.75) is 46.5 Å². The Labute approximate surface area is 193 Å². The van der Waals surface area contributed by atoms with Crippen LogP contribution in [0.15, 0.2) is 71.1 Å². The summed E-state index contributed by atoms with van der Waals surface area (Å²) in [5.41, 5.74) is 3.90. The van der Waals surface area contributed by atoms with Crippen LogP contribution in [0, 0.1) is 11.2 Å². The van der Waals surface area contributed by atoms with Gasteiger partial charge in [-0.05, 0) is 67.6 Å². The number of carbonyl (C=O) groups excluding carboxylic acids is 2. The van der Waals surface area contributed by atoms with Crippen LogP contribution < -0.4 is 15.4 Å². The van der Waals surface area contributed by atoms with Gasteiger partial charge in [0.25, 0.3) is 5.91 Å². The van der Waals surface area contributed by atoms with E-state index in [-0.39, 0.29) is 22.9 Å². The maximum atomic E-state index is 13.5. The molecule has 0 radical (unpaired) electrons. The molecule has 2 aromatic rings. The first-order valence-electron chi connectivity index (χ1n) is 11.2. The Hall–Kier alpha value is -3.41. The van der Waals surface area contributed by atoms with Crippen LogP contribution in [0.25, 0.3) is 0 Å². The molecule has 2 aliphatic rings. The lowest BCUT2D eigenvalue weighted by Gasteiger charge is -2.39. The van der Waals surface area contributed by atoms with Crippen molar-refractivity contribution in [1.29, 1.82) is 0 Å². The number of anilines is 1. The minimum atomic E-state index is -0.499. The number of ketones is 1. The molecule has 0 spiro atoms. The highest BCUT2D eigenvalue weighted by atomic mass is 19.1. The molecule has 33 heavy (non-hydrogen) atoms. The summed E-state index contributed by atoms with van der Waals surface area (Å²) in [5, 5.41) is 6.22. The van der Waals surface area contributed by atoms with E-state index in [4.69, 9.17) is 4.74 Å². The van der Waals surface area contributed by atoms with Gasteiger partial charge in [0.1, 0.15) is 11.6 Å². The van der Waals surface area contributed by atoms with E-state index in [1.807, 2.05) is 38.1 Å². The molecule has 5 nitrogen and oxygen atoms in total. The Morgan fingerprint density at radius 1 is 1.12 bits per heavy atom. The van der Waals surface area contributed by atoms with Crippen LogP contribution in [0.5, 0.6) is 5.75 Å². The molecule has 2 N–H and O–H groups in total. The zero-order valence-electron chi connectivity index (χ0n) is 19.4. The van der Waals surface area contributed by atoms with E-state index in [0.717, 1.165) is 23.4 Å². The number of rotatable bonds is 5. The number of amides is 1. The van der Waals surface area contributed by atoms with Gasteiger partial charge in [-0.25, -0.2) is 4.39 Å². The van der Waals surface area contributed by atoms with Gasteiger partial charge in [-0.2, -0.15) is 0 Å². The molecule has 172 valence electrons. The Balaban J connectivity index is 1.77. The number of hydrogen-bond donors (Lipinski definition) is 2. The molecule has 0 unspecified atom stereocenters. The molecule has 2 aromatic carbocycles. The van der Waals surface area contributed by atoms with Crippen molar-refractivity contribution in [2.75, 3.05) is 11.9 Å². The SMILES string of the molecule is CCOc1ccc([C@@H]2C(C(=O)Nc3ccc(F)cc3)=C(C)NC3=C2C(=O)CC(C)(C)C3)cc1. The van der Waals surface area contributed by atoms with Gasteiger partial charge in [0.2, 0.25) is 0 Å². The Bertz CT molecular complexity index is 1140. The van der Waals surface area contributed by atoms with E-state index in [1.54, 1.807) is 0 Å². The lowest BCUT2D eigenvalue weighted by molar-refractivity contribution is -0.118. The first-order valence-corrected chi connectivity index (χ1v) is 11.2. The minimum Gasteiger partial charge on any atom is -0.494 e. The van der Waals surface area contributed by atoms with E-state index in [1.165, 1.54) is 24.3 Å². The van der Waals surface area contributed by atoms with Crippen LogP contribution in [0.3, 0.4) is 0 Å². The highest BCUT2D eigenvalue weighted by Gasteiger charge is 2.42. The van der Waals surface area contributed by atoms with Crippen molar-refractivity contribution < 1.29 is 18.7 Å². The monoisotopic (exact) mass is 448 g/mol. The summed E-state index contributed by atoms with van der Waals surface area (Å²) in [5.74, 6) is -0.415. The topological polar surface area (TPSA) is 67.4 Å². The summed E-state index contributed by atoms with van der Waals surface area (Å²) in [6.07, 6.45) is 1.15. The lowest BCUT2D eigenvalue weighted by Crippen LogP contribution is -2.39. The first-order chi connectivity index (χ1) is 15.7.